The highest BCUT2D eigenvalue weighted by molar-refractivity contribution is 7.95. The normalized spacial score (nSPS) is 11.1. The molecule has 0 bridgehead atoms. The largest absolute Gasteiger partial charge is 0.497 e. The summed E-state index contributed by atoms with van der Waals surface area (Å²) < 4.78 is 16.3. The number of ether oxygens (including phenoxy) is 3. The van der Waals surface area contributed by atoms with E-state index >= 15 is 0 Å². The van der Waals surface area contributed by atoms with Gasteiger partial charge in [0.1, 0.15) is 40.4 Å². The molecule has 180 valence electrons. The van der Waals surface area contributed by atoms with Crippen molar-refractivity contribution in [1.29, 1.82) is 0 Å². The molecule has 0 saturated heterocycles. The molecule has 0 aliphatic rings. The Balaban J connectivity index is 2.05. The summed E-state index contributed by atoms with van der Waals surface area (Å²) in [7, 11) is 3.05. The molecule has 0 unspecified atom stereocenters. The molecule has 0 saturated carbocycles. The van der Waals surface area contributed by atoms with E-state index in [-0.39, 0.29) is 6.42 Å². The van der Waals surface area contributed by atoms with Gasteiger partial charge in [-0.05, 0) is 92.1 Å². The van der Waals surface area contributed by atoms with Crippen LogP contribution in [0.4, 0.5) is 0 Å². The lowest BCUT2D eigenvalue weighted by molar-refractivity contribution is -0.137. The monoisotopic (exact) mass is 481 g/mol. The van der Waals surface area contributed by atoms with Gasteiger partial charge in [-0.25, -0.2) is 0 Å². The zero-order valence-electron chi connectivity index (χ0n) is 20.2. The molecule has 0 spiro atoms. The molecule has 0 heterocycles. The van der Waals surface area contributed by atoms with Gasteiger partial charge in [0.25, 0.3) is 0 Å². The number of aliphatic carboxylic acids is 1. The third-order valence-corrected chi connectivity index (χ3v) is 10.7. The van der Waals surface area contributed by atoms with Crippen LogP contribution in [0, 0.1) is 0 Å². The first-order valence-electron chi connectivity index (χ1n) is 11.6. The Labute approximate surface area is 203 Å². The fourth-order valence-electron chi connectivity index (χ4n) is 4.32. The maximum Gasteiger partial charge on any atom is 0.303 e. The summed E-state index contributed by atoms with van der Waals surface area (Å²) in [6.45, 7) is 0. The average Bonchev–Trinajstić information content (AvgIpc) is 2.89. The highest BCUT2D eigenvalue weighted by Crippen LogP contribution is 2.56. The molecule has 0 amide bonds. The summed E-state index contributed by atoms with van der Waals surface area (Å²) in [6.07, 6.45) is 4.87. The van der Waals surface area contributed by atoms with E-state index in [4.69, 9.17) is 19.3 Å². The van der Waals surface area contributed by atoms with Crippen LogP contribution in [-0.4, -0.2) is 38.6 Å². The number of hydrogen-bond donors (Lipinski definition) is 1. The Kier molecular flexibility index (Phi) is 9.35. The number of hydrogen-bond acceptors (Lipinski definition) is 4. The Hall–Kier alpha value is -3.04. The number of carboxylic acid groups (broad SMARTS) is 1. The molecule has 0 aromatic heterocycles. The van der Waals surface area contributed by atoms with Gasteiger partial charge < -0.3 is 19.3 Å². The minimum Gasteiger partial charge on any atom is -0.497 e. The number of unbranched alkanes of at least 4 members (excludes halogenated alkanes) is 3. The smallest absolute Gasteiger partial charge is 0.303 e. The van der Waals surface area contributed by atoms with Crippen molar-refractivity contribution in [2.24, 2.45) is 0 Å². The summed E-state index contributed by atoms with van der Waals surface area (Å²) in [5, 5.41) is 12.8. The van der Waals surface area contributed by atoms with Crippen molar-refractivity contribution in [3.63, 3.8) is 0 Å². The second-order valence-corrected chi connectivity index (χ2v) is 11.8. The standard InChI is InChI=1S/C28H33O5P/c1-31-22-9-15-25(16-10-22)34(21-7-5-4-6-8-28(29)30,26-17-11-23(32-2)12-18-26)27-19-13-24(33-3)14-20-27/h9-20H,4-8,21H2,1-3H3/p+1. The SMILES string of the molecule is COc1ccc([P+](CCCCCCC(=O)O)(c2ccc(OC)cc2)c2ccc(OC)cc2)cc1. The van der Waals surface area contributed by atoms with Crippen molar-refractivity contribution in [2.45, 2.75) is 32.1 Å². The molecule has 3 rings (SSSR count). The first-order valence-corrected chi connectivity index (χ1v) is 13.5. The molecule has 1 N–H and O–H groups in total. The van der Waals surface area contributed by atoms with Gasteiger partial charge in [0, 0.05) is 6.42 Å². The Morgan fingerprint density at radius 2 is 0.971 bits per heavy atom. The van der Waals surface area contributed by atoms with Gasteiger partial charge in [0.15, 0.2) is 0 Å². The van der Waals surface area contributed by atoms with Crippen LogP contribution >= 0.6 is 7.26 Å². The van der Waals surface area contributed by atoms with E-state index in [1.807, 2.05) is 36.4 Å². The van der Waals surface area contributed by atoms with E-state index in [0.29, 0.717) is 6.42 Å². The van der Waals surface area contributed by atoms with Crippen LogP contribution in [0.25, 0.3) is 0 Å². The van der Waals surface area contributed by atoms with E-state index in [1.54, 1.807) is 21.3 Å². The van der Waals surface area contributed by atoms with Crippen molar-refractivity contribution in [1.82, 2.24) is 0 Å². The van der Waals surface area contributed by atoms with Crippen molar-refractivity contribution in [3.8, 4) is 17.2 Å². The Morgan fingerprint density at radius 1 is 0.618 bits per heavy atom. The van der Waals surface area contributed by atoms with Crippen LogP contribution in [0.3, 0.4) is 0 Å². The predicted octanol–water partition coefficient (Wildman–Crippen LogP) is 5.04. The molecule has 34 heavy (non-hydrogen) atoms. The average molecular weight is 482 g/mol. The second kappa shape index (κ2) is 12.4. The number of carboxylic acids is 1. The summed E-state index contributed by atoms with van der Waals surface area (Å²) in [4.78, 5) is 10.9. The van der Waals surface area contributed by atoms with Gasteiger partial charge >= 0.3 is 5.97 Å². The maximum atomic E-state index is 10.9. The van der Waals surface area contributed by atoms with Crippen LogP contribution in [0.1, 0.15) is 32.1 Å². The first-order chi connectivity index (χ1) is 16.5. The van der Waals surface area contributed by atoms with Crippen molar-refractivity contribution in [3.05, 3.63) is 72.8 Å². The molecule has 6 heteroatoms. The summed E-state index contributed by atoms with van der Waals surface area (Å²) in [5.41, 5.74) is 0. The van der Waals surface area contributed by atoms with Crippen LogP contribution in [0.5, 0.6) is 17.2 Å². The van der Waals surface area contributed by atoms with E-state index < -0.39 is 13.2 Å². The molecule has 0 aliphatic carbocycles. The highest BCUT2D eigenvalue weighted by Gasteiger charge is 2.44. The number of rotatable bonds is 13. The molecule has 0 aliphatic heterocycles. The molecular weight excluding hydrogens is 447 g/mol. The molecule has 3 aromatic carbocycles. The van der Waals surface area contributed by atoms with Gasteiger partial charge in [-0.3, -0.25) is 4.79 Å². The maximum absolute atomic E-state index is 10.9. The topological polar surface area (TPSA) is 65.0 Å². The van der Waals surface area contributed by atoms with Crippen molar-refractivity contribution < 1.29 is 24.1 Å². The molecule has 0 atom stereocenters. The zero-order chi connectivity index (χ0) is 24.4. The molecule has 0 fully saturated rings. The van der Waals surface area contributed by atoms with Gasteiger partial charge in [0.05, 0.1) is 27.5 Å². The third-order valence-electron chi connectivity index (χ3n) is 6.17. The summed E-state index contributed by atoms with van der Waals surface area (Å²) in [6, 6.07) is 25.3. The third kappa shape index (κ3) is 6.09. The number of methoxy groups -OCH3 is 3. The van der Waals surface area contributed by atoms with Gasteiger partial charge in [-0.15, -0.1) is 0 Å². The van der Waals surface area contributed by atoms with Crippen LogP contribution < -0.4 is 30.1 Å². The minimum atomic E-state index is -1.99. The van der Waals surface area contributed by atoms with Crippen molar-refractivity contribution >= 4 is 29.1 Å². The quantitative estimate of drug-likeness (QED) is 0.274. The lowest BCUT2D eigenvalue weighted by Gasteiger charge is -2.28. The van der Waals surface area contributed by atoms with E-state index in [1.165, 1.54) is 15.9 Å². The Bertz CT molecular complexity index is 914. The zero-order valence-corrected chi connectivity index (χ0v) is 21.1. The first kappa shape index (κ1) is 25.6. The second-order valence-electron chi connectivity index (χ2n) is 8.19. The van der Waals surface area contributed by atoms with Crippen LogP contribution in [0.15, 0.2) is 72.8 Å². The fraction of sp³-hybridized carbons (Fsp3) is 0.321. The fourth-order valence-corrected chi connectivity index (χ4v) is 8.66. The summed E-state index contributed by atoms with van der Waals surface area (Å²) >= 11 is 0. The molecular formula is C28H34O5P+. The lowest BCUT2D eigenvalue weighted by atomic mass is 10.2. The number of benzene rings is 3. The highest BCUT2D eigenvalue weighted by atomic mass is 31.2. The van der Waals surface area contributed by atoms with Gasteiger partial charge in [-0.1, -0.05) is 6.42 Å². The lowest BCUT2D eigenvalue weighted by Crippen LogP contribution is -2.33. The molecule has 0 radical (unpaired) electrons. The van der Waals surface area contributed by atoms with E-state index in [9.17, 15) is 4.79 Å². The van der Waals surface area contributed by atoms with Crippen molar-refractivity contribution in [2.75, 3.05) is 27.5 Å². The van der Waals surface area contributed by atoms with Gasteiger partial charge in [0.2, 0.25) is 0 Å². The van der Waals surface area contributed by atoms with Crippen LogP contribution in [0.2, 0.25) is 0 Å². The van der Waals surface area contributed by atoms with E-state index in [2.05, 4.69) is 36.4 Å². The summed E-state index contributed by atoms with van der Waals surface area (Å²) in [5.74, 6) is 1.77. The predicted molar refractivity (Wildman–Crippen MR) is 140 cm³/mol. The minimum absolute atomic E-state index is 0.232. The molecule has 5 nitrogen and oxygen atoms in total. The van der Waals surface area contributed by atoms with E-state index in [0.717, 1.165) is 42.7 Å². The van der Waals surface area contributed by atoms with Gasteiger partial charge in [-0.2, -0.15) is 0 Å². The number of carbonyl (C=O) groups is 1. The Morgan fingerprint density at radius 3 is 1.29 bits per heavy atom. The molecule has 3 aromatic rings. The van der Waals surface area contributed by atoms with Crippen LogP contribution in [-0.2, 0) is 4.79 Å².